The molecule has 29 heavy (non-hydrogen) atoms. The van der Waals surface area contributed by atoms with Crippen LogP contribution in [0.15, 0.2) is 54.6 Å². The van der Waals surface area contributed by atoms with E-state index in [9.17, 15) is 18.0 Å². The predicted molar refractivity (Wildman–Crippen MR) is 109 cm³/mol. The summed E-state index contributed by atoms with van der Waals surface area (Å²) in [5, 5.41) is 0. The topological polar surface area (TPSA) is 78.0 Å². The van der Waals surface area contributed by atoms with Crippen LogP contribution < -0.4 is 0 Å². The van der Waals surface area contributed by atoms with Crippen molar-refractivity contribution in [1.29, 1.82) is 0 Å². The number of imide groups is 1. The molecule has 8 heteroatoms. The number of fused-ring (bicyclic) bond motifs is 1. The maximum atomic E-state index is 12.7. The summed E-state index contributed by atoms with van der Waals surface area (Å²) in [5.41, 5.74) is 1.68. The van der Waals surface area contributed by atoms with Gasteiger partial charge >= 0.3 is 0 Å². The fourth-order valence-electron chi connectivity index (χ4n) is 3.79. The van der Waals surface area contributed by atoms with Crippen molar-refractivity contribution in [2.75, 3.05) is 39.3 Å². The lowest BCUT2D eigenvalue weighted by atomic mass is 10.1. The lowest BCUT2D eigenvalue weighted by Crippen LogP contribution is -2.50. The van der Waals surface area contributed by atoms with E-state index in [0.717, 1.165) is 5.56 Å². The zero-order valence-corrected chi connectivity index (χ0v) is 16.8. The number of benzene rings is 2. The standard InChI is InChI=1S/C21H23N3O4S/c25-20-18-8-4-5-9-19(18)21(26)24(20)15-12-22-10-13-23(14-11-22)29(27,28)16-17-6-2-1-3-7-17/h1-9H,10-16H2. The average Bonchev–Trinajstić information content (AvgIpc) is 2.98. The first-order valence-corrected chi connectivity index (χ1v) is 11.3. The SMILES string of the molecule is O=C1c2ccccc2C(=O)N1CCN1CCN(S(=O)(=O)Cc2ccccc2)CC1. The molecule has 0 aliphatic carbocycles. The van der Waals surface area contributed by atoms with Gasteiger partial charge in [-0.2, -0.15) is 4.31 Å². The maximum absolute atomic E-state index is 12.7. The fourth-order valence-corrected chi connectivity index (χ4v) is 5.31. The predicted octanol–water partition coefficient (Wildman–Crippen LogP) is 1.43. The molecule has 4 rings (SSSR count). The number of hydrogen-bond acceptors (Lipinski definition) is 5. The molecule has 2 aromatic carbocycles. The summed E-state index contributed by atoms with van der Waals surface area (Å²) in [4.78, 5) is 28.2. The van der Waals surface area contributed by atoms with Crippen molar-refractivity contribution < 1.29 is 18.0 Å². The van der Waals surface area contributed by atoms with E-state index in [1.165, 1.54) is 9.21 Å². The van der Waals surface area contributed by atoms with E-state index in [1.54, 1.807) is 24.3 Å². The minimum absolute atomic E-state index is 0.00286. The Labute approximate surface area is 170 Å². The molecule has 1 saturated heterocycles. The van der Waals surface area contributed by atoms with Crippen molar-refractivity contribution in [3.8, 4) is 0 Å². The quantitative estimate of drug-likeness (QED) is 0.670. The summed E-state index contributed by atoms with van der Waals surface area (Å²) < 4.78 is 26.8. The van der Waals surface area contributed by atoms with Gasteiger partial charge in [-0.25, -0.2) is 8.42 Å². The minimum Gasteiger partial charge on any atom is -0.299 e. The number of amides is 2. The Balaban J connectivity index is 1.30. The maximum Gasteiger partial charge on any atom is 0.261 e. The molecule has 0 bridgehead atoms. The Morgan fingerprint density at radius 1 is 0.724 bits per heavy atom. The second-order valence-electron chi connectivity index (χ2n) is 7.29. The van der Waals surface area contributed by atoms with E-state index in [1.807, 2.05) is 30.3 Å². The molecule has 0 saturated carbocycles. The summed E-state index contributed by atoms with van der Waals surface area (Å²) >= 11 is 0. The van der Waals surface area contributed by atoms with Gasteiger partial charge in [-0.05, 0) is 17.7 Å². The number of carbonyl (C=O) groups is 2. The summed E-state index contributed by atoms with van der Waals surface area (Å²) in [6.45, 7) is 2.84. The highest BCUT2D eigenvalue weighted by molar-refractivity contribution is 7.88. The van der Waals surface area contributed by atoms with Crippen molar-refractivity contribution in [3.05, 3.63) is 71.3 Å². The van der Waals surface area contributed by atoms with Crippen molar-refractivity contribution in [1.82, 2.24) is 14.1 Å². The molecule has 7 nitrogen and oxygen atoms in total. The van der Waals surface area contributed by atoms with E-state index in [4.69, 9.17) is 0 Å². The summed E-state index contributed by atoms with van der Waals surface area (Å²) in [6, 6.07) is 16.0. The summed E-state index contributed by atoms with van der Waals surface area (Å²) in [5.74, 6) is -0.507. The first-order valence-electron chi connectivity index (χ1n) is 9.65. The molecule has 0 atom stereocenters. The lowest BCUT2D eigenvalue weighted by molar-refractivity contribution is 0.0628. The first kappa shape index (κ1) is 19.8. The van der Waals surface area contributed by atoms with Crippen LogP contribution in [0.1, 0.15) is 26.3 Å². The van der Waals surface area contributed by atoms with Gasteiger partial charge in [-0.15, -0.1) is 0 Å². The van der Waals surface area contributed by atoms with Gasteiger partial charge in [0.1, 0.15) is 0 Å². The van der Waals surface area contributed by atoms with Gasteiger partial charge in [0.05, 0.1) is 16.9 Å². The molecule has 0 aromatic heterocycles. The van der Waals surface area contributed by atoms with E-state index >= 15 is 0 Å². The van der Waals surface area contributed by atoms with Crippen molar-refractivity contribution in [2.45, 2.75) is 5.75 Å². The molecule has 152 valence electrons. The average molecular weight is 413 g/mol. The van der Waals surface area contributed by atoms with Crippen LogP contribution in [-0.4, -0.2) is 73.6 Å². The summed E-state index contributed by atoms with van der Waals surface area (Å²) in [6.07, 6.45) is 0. The molecule has 0 radical (unpaired) electrons. The monoisotopic (exact) mass is 413 g/mol. The van der Waals surface area contributed by atoms with E-state index in [0.29, 0.717) is 50.4 Å². The number of carbonyl (C=O) groups excluding carboxylic acids is 2. The lowest BCUT2D eigenvalue weighted by Gasteiger charge is -2.34. The number of sulfonamides is 1. The van der Waals surface area contributed by atoms with Crippen molar-refractivity contribution in [3.63, 3.8) is 0 Å². The molecule has 0 N–H and O–H groups in total. The van der Waals surface area contributed by atoms with Crippen molar-refractivity contribution in [2.24, 2.45) is 0 Å². The molecule has 0 spiro atoms. The molecular formula is C21H23N3O4S. The molecule has 2 heterocycles. The van der Waals surface area contributed by atoms with Crippen LogP contribution in [0.5, 0.6) is 0 Å². The third kappa shape index (κ3) is 4.10. The van der Waals surface area contributed by atoms with Crippen LogP contribution in [0, 0.1) is 0 Å². The molecule has 2 amide bonds. The van der Waals surface area contributed by atoms with Gasteiger partial charge in [0.15, 0.2) is 0 Å². The number of hydrogen-bond donors (Lipinski definition) is 0. The van der Waals surface area contributed by atoms with Gasteiger partial charge in [-0.1, -0.05) is 42.5 Å². The second kappa shape index (κ2) is 8.06. The van der Waals surface area contributed by atoms with Gasteiger partial charge < -0.3 is 0 Å². The fraction of sp³-hybridized carbons (Fsp3) is 0.333. The number of piperazine rings is 1. The Morgan fingerprint density at radius 2 is 1.28 bits per heavy atom. The van der Waals surface area contributed by atoms with Crippen LogP contribution in [-0.2, 0) is 15.8 Å². The number of rotatable bonds is 6. The van der Waals surface area contributed by atoms with Gasteiger partial charge in [0.25, 0.3) is 11.8 Å². The van der Waals surface area contributed by atoms with Crippen LogP contribution in [0.2, 0.25) is 0 Å². The molecule has 0 unspecified atom stereocenters. The van der Waals surface area contributed by atoms with E-state index in [2.05, 4.69) is 4.90 Å². The highest BCUT2D eigenvalue weighted by atomic mass is 32.2. The smallest absolute Gasteiger partial charge is 0.261 e. The molecule has 2 aromatic rings. The minimum atomic E-state index is -3.36. The van der Waals surface area contributed by atoms with Crippen molar-refractivity contribution >= 4 is 21.8 Å². The molecule has 1 fully saturated rings. The Kier molecular flexibility index (Phi) is 5.49. The third-order valence-corrected chi connectivity index (χ3v) is 7.28. The summed E-state index contributed by atoms with van der Waals surface area (Å²) in [7, 11) is -3.36. The molecule has 2 aliphatic heterocycles. The zero-order chi connectivity index (χ0) is 20.4. The van der Waals surface area contributed by atoms with Crippen LogP contribution in [0.3, 0.4) is 0 Å². The van der Waals surface area contributed by atoms with Gasteiger partial charge in [0.2, 0.25) is 10.0 Å². The normalized spacial score (nSPS) is 18.3. The van der Waals surface area contributed by atoms with Crippen LogP contribution in [0.25, 0.3) is 0 Å². The van der Waals surface area contributed by atoms with Crippen LogP contribution in [0.4, 0.5) is 0 Å². The largest absolute Gasteiger partial charge is 0.299 e. The van der Waals surface area contributed by atoms with E-state index in [-0.39, 0.29) is 17.6 Å². The first-order chi connectivity index (χ1) is 14.0. The van der Waals surface area contributed by atoms with E-state index < -0.39 is 10.0 Å². The Morgan fingerprint density at radius 3 is 1.86 bits per heavy atom. The molecule has 2 aliphatic rings. The Bertz CT molecular complexity index is 980. The third-order valence-electron chi connectivity index (χ3n) is 5.43. The Hall–Kier alpha value is -2.55. The zero-order valence-electron chi connectivity index (χ0n) is 16.0. The second-order valence-corrected chi connectivity index (χ2v) is 9.26. The molecular weight excluding hydrogens is 390 g/mol. The van der Waals surface area contributed by atoms with Crippen LogP contribution >= 0.6 is 0 Å². The number of nitrogens with zero attached hydrogens (tertiary/aromatic N) is 3. The van der Waals surface area contributed by atoms with Gasteiger partial charge in [-0.3, -0.25) is 19.4 Å². The van der Waals surface area contributed by atoms with Gasteiger partial charge in [0, 0.05) is 39.3 Å². The highest BCUT2D eigenvalue weighted by Gasteiger charge is 2.35. The highest BCUT2D eigenvalue weighted by Crippen LogP contribution is 2.22.